The average Bonchev–Trinajstić information content (AvgIpc) is 3.54. The summed E-state index contributed by atoms with van der Waals surface area (Å²) in [4.78, 5) is 24.6. The van der Waals surface area contributed by atoms with Gasteiger partial charge >= 0.3 is 5.97 Å². The van der Waals surface area contributed by atoms with Crippen molar-refractivity contribution in [2.24, 2.45) is 0 Å². The maximum absolute atomic E-state index is 12.5. The van der Waals surface area contributed by atoms with Gasteiger partial charge in [0.05, 0.1) is 25.4 Å². The minimum atomic E-state index is -0.659. The van der Waals surface area contributed by atoms with Crippen LogP contribution < -0.4 is 5.32 Å². The van der Waals surface area contributed by atoms with E-state index in [1.165, 1.54) is 366 Å². The monoisotopic (exact) mass is 1210 g/mol. The largest absolute Gasteiger partial charge is 0.466 e. The van der Waals surface area contributed by atoms with E-state index in [-0.39, 0.29) is 18.5 Å². The lowest BCUT2D eigenvalue weighted by atomic mass is 10.0. The number of carbonyl (C=O) groups is 2. The van der Waals surface area contributed by atoms with Crippen molar-refractivity contribution in [3.05, 3.63) is 24.3 Å². The van der Waals surface area contributed by atoms with Crippen LogP contribution in [0.25, 0.3) is 0 Å². The fourth-order valence-corrected chi connectivity index (χ4v) is 12.7. The zero-order valence-electron chi connectivity index (χ0n) is 58.6. The minimum Gasteiger partial charge on any atom is -0.466 e. The van der Waals surface area contributed by atoms with Crippen molar-refractivity contribution in [3.8, 4) is 0 Å². The van der Waals surface area contributed by atoms with E-state index in [1.807, 2.05) is 0 Å². The van der Waals surface area contributed by atoms with Crippen LogP contribution in [0.15, 0.2) is 24.3 Å². The van der Waals surface area contributed by atoms with Crippen LogP contribution in [0.5, 0.6) is 0 Å². The molecule has 0 aromatic heterocycles. The fraction of sp³-hybridized carbons (Fsp3) is 0.925. The molecule has 0 fully saturated rings. The molecule has 0 radical (unpaired) electrons. The number of unbranched alkanes of at least 4 members (excludes halogenated alkanes) is 60. The molecule has 0 bridgehead atoms. The van der Waals surface area contributed by atoms with Gasteiger partial charge in [0.25, 0.3) is 0 Å². The van der Waals surface area contributed by atoms with Crippen LogP contribution in [0, 0.1) is 0 Å². The second kappa shape index (κ2) is 75.8. The van der Waals surface area contributed by atoms with Gasteiger partial charge in [-0.15, -0.1) is 0 Å². The molecule has 0 aromatic carbocycles. The lowest BCUT2D eigenvalue weighted by Crippen LogP contribution is -2.45. The summed E-state index contributed by atoms with van der Waals surface area (Å²) in [5.74, 6) is -0.00911. The van der Waals surface area contributed by atoms with E-state index < -0.39 is 12.1 Å². The van der Waals surface area contributed by atoms with Gasteiger partial charge in [0.2, 0.25) is 5.91 Å². The Morgan fingerprint density at radius 3 is 0.907 bits per heavy atom. The van der Waals surface area contributed by atoms with Crippen molar-refractivity contribution in [2.75, 3.05) is 13.2 Å². The predicted octanol–water partition coefficient (Wildman–Crippen LogP) is 26.0. The number of nitrogens with one attached hydrogen (secondary N) is 1. The number of hydrogen-bond donors (Lipinski definition) is 3. The van der Waals surface area contributed by atoms with Crippen molar-refractivity contribution in [3.63, 3.8) is 0 Å². The molecule has 0 aliphatic rings. The molecule has 0 rings (SSSR count). The van der Waals surface area contributed by atoms with Gasteiger partial charge in [-0.05, 0) is 57.8 Å². The molecule has 86 heavy (non-hydrogen) atoms. The van der Waals surface area contributed by atoms with E-state index in [2.05, 4.69) is 43.5 Å². The summed E-state index contributed by atoms with van der Waals surface area (Å²) in [7, 11) is 0. The van der Waals surface area contributed by atoms with Crippen molar-refractivity contribution in [1.29, 1.82) is 0 Å². The molecule has 0 aliphatic carbocycles. The number of aliphatic hydroxyl groups excluding tert-OH is 2. The summed E-state index contributed by atoms with van der Waals surface area (Å²) in [6.07, 6.45) is 97.2. The Hall–Kier alpha value is -1.66. The summed E-state index contributed by atoms with van der Waals surface area (Å²) in [6.45, 7) is 4.96. The smallest absolute Gasteiger partial charge is 0.305 e. The van der Waals surface area contributed by atoms with Crippen LogP contribution >= 0.6 is 0 Å². The lowest BCUT2D eigenvalue weighted by molar-refractivity contribution is -0.143. The fourth-order valence-electron chi connectivity index (χ4n) is 12.7. The molecule has 2 atom stereocenters. The number of esters is 1. The molecule has 6 nitrogen and oxygen atoms in total. The van der Waals surface area contributed by atoms with Gasteiger partial charge in [-0.3, -0.25) is 9.59 Å². The second-order valence-electron chi connectivity index (χ2n) is 27.4. The number of aliphatic hydroxyl groups is 2. The Morgan fingerprint density at radius 2 is 0.581 bits per heavy atom. The van der Waals surface area contributed by atoms with Gasteiger partial charge < -0.3 is 20.3 Å². The molecule has 6 heteroatoms. The van der Waals surface area contributed by atoms with E-state index in [0.29, 0.717) is 25.9 Å². The zero-order chi connectivity index (χ0) is 62.0. The quantitative estimate of drug-likeness (QED) is 0.0320. The third-order valence-corrected chi connectivity index (χ3v) is 18.8. The maximum atomic E-state index is 12.5. The van der Waals surface area contributed by atoms with Gasteiger partial charge in [-0.25, -0.2) is 0 Å². The van der Waals surface area contributed by atoms with Gasteiger partial charge in [0.1, 0.15) is 0 Å². The predicted molar refractivity (Wildman–Crippen MR) is 380 cm³/mol. The summed E-state index contributed by atoms with van der Waals surface area (Å²) in [5, 5.41) is 23.3. The van der Waals surface area contributed by atoms with Crippen LogP contribution in [0.2, 0.25) is 0 Å². The third kappa shape index (κ3) is 71.4. The highest BCUT2D eigenvalue weighted by Gasteiger charge is 2.20. The Morgan fingerprint density at radius 1 is 0.326 bits per heavy atom. The number of amides is 1. The van der Waals surface area contributed by atoms with E-state index in [1.54, 1.807) is 0 Å². The number of allylic oxidation sites excluding steroid dienone is 4. The molecule has 0 heterocycles. The first-order chi connectivity index (χ1) is 42.5. The van der Waals surface area contributed by atoms with Crippen molar-refractivity contribution in [1.82, 2.24) is 5.32 Å². The van der Waals surface area contributed by atoms with Crippen LogP contribution in [0.1, 0.15) is 450 Å². The van der Waals surface area contributed by atoms with E-state index in [4.69, 9.17) is 4.74 Å². The SMILES string of the molecule is CCCCC/C=C\C/C=C\CCCCCCCCCC(=O)OCCCCCCCCCCCCCCCCCCCCCCCCCCCCCCCCCCCCCCCCCC(=O)NC(CO)C(O)CCCCCCCCCCCCCCC. The Kier molecular flexibility index (Phi) is 74.3. The Bertz CT molecular complexity index is 1350. The van der Waals surface area contributed by atoms with Crippen LogP contribution in [0.3, 0.4) is 0 Å². The number of ether oxygens (including phenoxy) is 1. The first-order valence-electron chi connectivity index (χ1n) is 39.6. The average molecular weight is 1210 g/mol. The van der Waals surface area contributed by atoms with E-state index in [0.717, 1.165) is 51.4 Å². The molecule has 0 aliphatic heterocycles. The molecular weight excluding hydrogens is 1050 g/mol. The minimum absolute atomic E-state index is 0.0170. The summed E-state index contributed by atoms with van der Waals surface area (Å²) in [6, 6.07) is -0.535. The first kappa shape index (κ1) is 84.3. The highest BCUT2D eigenvalue weighted by atomic mass is 16.5. The molecule has 0 spiro atoms. The van der Waals surface area contributed by atoms with E-state index >= 15 is 0 Å². The molecular formula is C80H155NO5. The Balaban J connectivity index is 3.27. The molecule has 1 amide bonds. The second-order valence-corrected chi connectivity index (χ2v) is 27.4. The Labute approximate surface area is 539 Å². The van der Waals surface area contributed by atoms with Crippen molar-refractivity contribution < 1.29 is 24.5 Å². The number of carbonyl (C=O) groups excluding carboxylic acids is 2. The summed E-state index contributed by atoms with van der Waals surface area (Å²) in [5.41, 5.74) is 0. The third-order valence-electron chi connectivity index (χ3n) is 18.8. The standard InChI is InChI=1S/C80H155NO5/c1-3-5-7-9-11-13-15-17-18-42-46-50-54-58-62-66-70-74-80(85)86-75-71-67-63-59-55-51-47-44-41-39-37-35-33-31-29-27-25-23-21-19-20-22-24-26-28-30-32-34-36-38-40-43-45-49-53-57-61-65-69-73-79(84)81-77(76-82)78(83)72-68-64-60-56-52-48-16-14-12-10-8-6-4-2/h11,13,17-18,77-78,82-83H,3-10,12,14-16,19-76H2,1-2H3,(H,81,84)/b13-11-,18-17-. The van der Waals surface area contributed by atoms with Gasteiger partial charge in [0.15, 0.2) is 0 Å². The normalized spacial score (nSPS) is 12.6. The van der Waals surface area contributed by atoms with Gasteiger partial charge in [-0.1, -0.05) is 404 Å². The maximum Gasteiger partial charge on any atom is 0.305 e. The molecule has 0 saturated carbocycles. The first-order valence-corrected chi connectivity index (χ1v) is 39.6. The number of rotatable bonds is 75. The summed E-state index contributed by atoms with van der Waals surface area (Å²) < 4.78 is 5.51. The van der Waals surface area contributed by atoms with Gasteiger partial charge in [-0.2, -0.15) is 0 Å². The highest BCUT2D eigenvalue weighted by molar-refractivity contribution is 5.76. The van der Waals surface area contributed by atoms with Crippen molar-refractivity contribution >= 4 is 11.9 Å². The molecule has 3 N–H and O–H groups in total. The molecule has 510 valence electrons. The highest BCUT2D eigenvalue weighted by Crippen LogP contribution is 2.20. The molecule has 0 saturated heterocycles. The topological polar surface area (TPSA) is 95.9 Å². The van der Waals surface area contributed by atoms with Gasteiger partial charge in [0, 0.05) is 12.8 Å². The van der Waals surface area contributed by atoms with Crippen LogP contribution in [-0.4, -0.2) is 47.4 Å². The van der Waals surface area contributed by atoms with Crippen molar-refractivity contribution in [2.45, 2.75) is 463 Å². The number of hydrogen-bond acceptors (Lipinski definition) is 5. The van der Waals surface area contributed by atoms with Crippen LogP contribution in [-0.2, 0) is 14.3 Å². The molecule has 0 aromatic rings. The van der Waals surface area contributed by atoms with Crippen LogP contribution in [0.4, 0.5) is 0 Å². The summed E-state index contributed by atoms with van der Waals surface area (Å²) >= 11 is 0. The zero-order valence-corrected chi connectivity index (χ0v) is 58.6. The van der Waals surface area contributed by atoms with E-state index in [9.17, 15) is 19.8 Å². The molecule has 2 unspecified atom stereocenters. The lowest BCUT2D eigenvalue weighted by Gasteiger charge is -2.22.